The van der Waals surface area contributed by atoms with E-state index in [9.17, 15) is 0 Å². The molecule has 0 aliphatic carbocycles. The Morgan fingerprint density at radius 2 is 2.18 bits per heavy atom. The van der Waals surface area contributed by atoms with Gasteiger partial charge in [0.2, 0.25) is 0 Å². The number of nitrogens with zero attached hydrogens (tertiary/aromatic N) is 1. The Kier molecular flexibility index (Phi) is 2.90. The van der Waals surface area contributed by atoms with Crippen LogP contribution in [0.1, 0.15) is 19.8 Å². The zero-order chi connectivity index (χ0) is 8.32. The van der Waals surface area contributed by atoms with Gasteiger partial charge in [-0.25, -0.2) is 0 Å². The van der Waals surface area contributed by atoms with Crippen molar-refractivity contribution in [2.45, 2.75) is 19.8 Å². The third-order valence-corrected chi connectivity index (χ3v) is 2.59. The van der Waals surface area contributed by atoms with E-state index in [-0.39, 0.29) is 0 Å². The van der Waals surface area contributed by atoms with E-state index in [1.54, 1.807) is 0 Å². The number of hydrogen-bond acceptors (Lipinski definition) is 2. The van der Waals surface area contributed by atoms with Crippen LogP contribution in [0.25, 0.3) is 0 Å². The van der Waals surface area contributed by atoms with Crippen molar-refractivity contribution >= 4 is 0 Å². The largest absolute Gasteiger partial charge is 0.381 e. The van der Waals surface area contributed by atoms with Gasteiger partial charge in [0.25, 0.3) is 0 Å². The van der Waals surface area contributed by atoms with E-state index in [1.165, 1.54) is 19.4 Å². The molecular weight excluding hydrogens is 138 g/mol. The van der Waals surface area contributed by atoms with Gasteiger partial charge >= 0.3 is 0 Å². The maximum atomic E-state index is 5.43. The Morgan fingerprint density at radius 1 is 1.45 bits per heavy atom. The molecule has 1 atom stereocenters. The highest BCUT2D eigenvalue weighted by molar-refractivity contribution is 4.83. The highest BCUT2D eigenvalue weighted by atomic mass is 16.5. The highest BCUT2D eigenvalue weighted by Crippen LogP contribution is 2.32. The van der Waals surface area contributed by atoms with E-state index in [1.807, 2.05) is 0 Å². The topological polar surface area (TPSA) is 12.5 Å². The molecule has 2 nitrogen and oxygen atoms in total. The molecule has 0 radical (unpaired) electrons. The van der Waals surface area contributed by atoms with Crippen LogP contribution in [0.5, 0.6) is 0 Å². The molecule has 1 saturated heterocycles. The predicted octanol–water partition coefficient (Wildman–Crippen LogP) is 1.36. The molecule has 0 bridgehead atoms. The average molecular weight is 157 g/mol. The second-order valence-electron chi connectivity index (χ2n) is 3.89. The molecule has 11 heavy (non-hydrogen) atoms. The normalized spacial score (nSPS) is 31.6. The summed E-state index contributed by atoms with van der Waals surface area (Å²) in [5.41, 5.74) is 0.462. The molecule has 2 heteroatoms. The van der Waals surface area contributed by atoms with Crippen LogP contribution in [0.3, 0.4) is 0 Å². The minimum absolute atomic E-state index is 0.462. The van der Waals surface area contributed by atoms with Gasteiger partial charge in [0, 0.05) is 18.6 Å². The Labute approximate surface area is 69.5 Å². The van der Waals surface area contributed by atoms with Gasteiger partial charge in [-0.3, -0.25) is 0 Å². The minimum atomic E-state index is 0.462. The first-order valence-electron chi connectivity index (χ1n) is 4.41. The Bertz CT molecular complexity index is 117. The first-order chi connectivity index (χ1) is 5.18. The fourth-order valence-electron chi connectivity index (χ4n) is 1.84. The van der Waals surface area contributed by atoms with Crippen molar-refractivity contribution in [2.75, 3.05) is 33.9 Å². The molecule has 0 N–H and O–H groups in total. The van der Waals surface area contributed by atoms with Crippen molar-refractivity contribution in [3.8, 4) is 0 Å². The summed E-state index contributed by atoms with van der Waals surface area (Å²) in [6.07, 6.45) is 2.48. The molecule has 0 aromatic rings. The predicted molar refractivity (Wildman–Crippen MR) is 46.7 cm³/mol. The zero-order valence-corrected chi connectivity index (χ0v) is 7.89. The van der Waals surface area contributed by atoms with Gasteiger partial charge in [0.15, 0.2) is 0 Å². The van der Waals surface area contributed by atoms with Gasteiger partial charge in [-0.15, -0.1) is 0 Å². The van der Waals surface area contributed by atoms with E-state index >= 15 is 0 Å². The lowest BCUT2D eigenvalue weighted by Gasteiger charge is -2.28. The second kappa shape index (κ2) is 3.55. The third kappa shape index (κ3) is 2.17. The standard InChI is InChI=1S/C9H19NO/c1-4-9(7-10(2)3)5-6-11-8-9/h4-8H2,1-3H3. The summed E-state index contributed by atoms with van der Waals surface area (Å²) in [5, 5.41) is 0. The van der Waals surface area contributed by atoms with Crippen LogP contribution < -0.4 is 0 Å². The first-order valence-corrected chi connectivity index (χ1v) is 4.41. The average Bonchev–Trinajstić information content (AvgIpc) is 2.36. The van der Waals surface area contributed by atoms with Crippen molar-refractivity contribution in [1.29, 1.82) is 0 Å². The molecule has 1 fully saturated rings. The summed E-state index contributed by atoms with van der Waals surface area (Å²) in [5.74, 6) is 0. The maximum absolute atomic E-state index is 5.43. The summed E-state index contributed by atoms with van der Waals surface area (Å²) < 4.78 is 5.43. The summed E-state index contributed by atoms with van der Waals surface area (Å²) in [6, 6.07) is 0. The van der Waals surface area contributed by atoms with Crippen LogP contribution in [0.2, 0.25) is 0 Å². The van der Waals surface area contributed by atoms with Gasteiger partial charge in [-0.2, -0.15) is 0 Å². The lowest BCUT2D eigenvalue weighted by atomic mass is 9.84. The molecule has 1 rings (SSSR count). The second-order valence-corrected chi connectivity index (χ2v) is 3.89. The maximum Gasteiger partial charge on any atom is 0.0535 e. The van der Waals surface area contributed by atoms with Crippen LogP contribution in [0.15, 0.2) is 0 Å². The van der Waals surface area contributed by atoms with Gasteiger partial charge in [-0.05, 0) is 26.9 Å². The molecule has 0 amide bonds. The lowest BCUT2D eigenvalue weighted by Crippen LogP contribution is -2.33. The zero-order valence-electron chi connectivity index (χ0n) is 7.89. The van der Waals surface area contributed by atoms with E-state index in [0.717, 1.165) is 13.2 Å². The summed E-state index contributed by atoms with van der Waals surface area (Å²) in [6.45, 7) is 5.35. The molecule has 0 aromatic carbocycles. The molecule has 1 heterocycles. The quantitative estimate of drug-likeness (QED) is 0.613. The van der Waals surface area contributed by atoms with Gasteiger partial charge in [0.05, 0.1) is 6.61 Å². The first kappa shape index (κ1) is 9.01. The molecular formula is C9H19NO. The molecule has 66 valence electrons. The van der Waals surface area contributed by atoms with Gasteiger partial charge in [-0.1, -0.05) is 6.92 Å². The van der Waals surface area contributed by atoms with E-state index < -0.39 is 0 Å². The van der Waals surface area contributed by atoms with Crippen molar-refractivity contribution < 1.29 is 4.74 Å². The molecule has 0 spiro atoms. The Hall–Kier alpha value is -0.0800. The van der Waals surface area contributed by atoms with Crippen molar-refractivity contribution in [1.82, 2.24) is 4.90 Å². The van der Waals surface area contributed by atoms with Crippen molar-refractivity contribution in [3.63, 3.8) is 0 Å². The molecule has 1 unspecified atom stereocenters. The van der Waals surface area contributed by atoms with E-state index in [0.29, 0.717) is 5.41 Å². The van der Waals surface area contributed by atoms with Crippen LogP contribution in [0, 0.1) is 5.41 Å². The van der Waals surface area contributed by atoms with Crippen LogP contribution in [-0.4, -0.2) is 38.8 Å². The molecule has 1 aliphatic rings. The van der Waals surface area contributed by atoms with Crippen LogP contribution in [0.4, 0.5) is 0 Å². The van der Waals surface area contributed by atoms with Crippen LogP contribution >= 0.6 is 0 Å². The summed E-state index contributed by atoms with van der Waals surface area (Å²) >= 11 is 0. The van der Waals surface area contributed by atoms with E-state index in [4.69, 9.17) is 4.74 Å². The Balaban J connectivity index is 2.45. The number of rotatable bonds is 3. The summed E-state index contributed by atoms with van der Waals surface area (Å²) in [4.78, 5) is 2.26. The number of ether oxygens (including phenoxy) is 1. The third-order valence-electron chi connectivity index (χ3n) is 2.59. The van der Waals surface area contributed by atoms with Crippen molar-refractivity contribution in [2.24, 2.45) is 5.41 Å². The molecule has 0 aromatic heterocycles. The SMILES string of the molecule is CCC1(CN(C)C)CCOC1. The molecule has 1 aliphatic heterocycles. The van der Waals surface area contributed by atoms with E-state index in [2.05, 4.69) is 25.9 Å². The number of hydrogen-bond donors (Lipinski definition) is 0. The fourth-order valence-corrected chi connectivity index (χ4v) is 1.84. The van der Waals surface area contributed by atoms with Crippen LogP contribution in [-0.2, 0) is 4.74 Å². The fraction of sp³-hybridized carbons (Fsp3) is 1.00. The Morgan fingerprint density at radius 3 is 2.55 bits per heavy atom. The highest BCUT2D eigenvalue weighted by Gasteiger charge is 2.33. The smallest absolute Gasteiger partial charge is 0.0535 e. The summed E-state index contributed by atoms with van der Waals surface area (Å²) in [7, 11) is 4.27. The van der Waals surface area contributed by atoms with Gasteiger partial charge < -0.3 is 9.64 Å². The monoisotopic (exact) mass is 157 g/mol. The van der Waals surface area contributed by atoms with Gasteiger partial charge in [0.1, 0.15) is 0 Å². The lowest BCUT2D eigenvalue weighted by molar-refractivity contribution is 0.125. The van der Waals surface area contributed by atoms with Crippen molar-refractivity contribution in [3.05, 3.63) is 0 Å². The molecule has 0 saturated carbocycles. The minimum Gasteiger partial charge on any atom is -0.381 e.